The maximum Gasteiger partial charge on any atom is 0.319 e. The van der Waals surface area contributed by atoms with Gasteiger partial charge >= 0.3 is 6.03 Å². The van der Waals surface area contributed by atoms with E-state index in [4.69, 9.17) is 10.5 Å². The second-order valence-corrected chi connectivity index (χ2v) is 6.09. The number of rotatable bonds is 6. The fraction of sp³-hybridized carbons (Fsp3) is 0.190. The van der Waals surface area contributed by atoms with Crippen molar-refractivity contribution in [2.45, 2.75) is 13.5 Å². The molecule has 0 atom stereocenters. The molecule has 0 bridgehead atoms. The van der Waals surface area contributed by atoms with Crippen molar-refractivity contribution in [2.24, 2.45) is 0 Å². The van der Waals surface area contributed by atoms with Gasteiger partial charge in [-0.15, -0.1) is 6.58 Å². The molecule has 0 aliphatic carbocycles. The highest BCUT2D eigenvalue weighted by Crippen LogP contribution is 2.38. The Labute approximate surface area is 158 Å². The van der Waals surface area contributed by atoms with Gasteiger partial charge in [-0.05, 0) is 31.2 Å². The van der Waals surface area contributed by atoms with Crippen LogP contribution in [0.1, 0.15) is 6.92 Å². The molecule has 3 rings (SSSR count). The minimum atomic E-state index is -0.277. The molecule has 140 valence electrons. The molecule has 0 saturated carbocycles. The monoisotopic (exact) mass is 364 g/mol. The van der Waals surface area contributed by atoms with Crippen molar-refractivity contribution >= 4 is 28.3 Å². The topological polar surface area (TPSA) is 81.3 Å². The summed E-state index contributed by atoms with van der Waals surface area (Å²) in [6, 6.07) is 13.2. The summed E-state index contributed by atoms with van der Waals surface area (Å²) in [6.07, 6.45) is 1.63. The molecule has 6 nitrogen and oxygen atoms in total. The summed E-state index contributed by atoms with van der Waals surface area (Å²) in [7, 11) is 1.65. The van der Waals surface area contributed by atoms with Crippen molar-refractivity contribution in [3.05, 3.63) is 55.1 Å². The van der Waals surface area contributed by atoms with Crippen LogP contribution in [0.25, 0.3) is 22.2 Å². The standard InChI is InChI=1S/C21H24N4O2/c1-4-11-23-21(26)24-15-8-6-7-14(12-15)20-19(22)17-10-9-16(27-3)13-18(17)25(20)5-2/h4,6-10,12-13H,1,5,11,22H2,2-3H3,(H2,23,24,26). The first-order valence-corrected chi connectivity index (χ1v) is 8.81. The molecule has 0 saturated heterocycles. The molecule has 0 aliphatic heterocycles. The lowest BCUT2D eigenvalue weighted by atomic mass is 10.1. The number of fused-ring (bicyclic) bond motifs is 1. The third kappa shape index (κ3) is 3.60. The lowest BCUT2D eigenvalue weighted by molar-refractivity contribution is 0.253. The van der Waals surface area contributed by atoms with Gasteiger partial charge in [-0.3, -0.25) is 0 Å². The van der Waals surface area contributed by atoms with Crippen LogP contribution in [0.4, 0.5) is 16.2 Å². The van der Waals surface area contributed by atoms with Gasteiger partial charge in [0.05, 0.1) is 24.0 Å². The largest absolute Gasteiger partial charge is 0.497 e. The van der Waals surface area contributed by atoms with Crippen molar-refractivity contribution in [1.82, 2.24) is 9.88 Å². The molecule has 1 aromatic heterocycles. The summed E-state index contributed by atoms with van der Waals surface area (Å²) >= 11 is 0. The number of anilines is 2. The fourth-order valence-electron chi connectivity index (χ4n) is 3.21. The van der Waals surface area contributed by atoms with Gasteiger partial charge in [0, 0.05) is 35.8 Å². The second-order valence-electron chi connectivity index (χ2n) is 6.09. The highest BCUT2D eigenvalue weighted by atomic mass is 16.5. The minimum Gasteiger partial charge on any atom is -0.497 e. The third-order valence-electron chi connectivity index (χ3n) is 4.43. The number of amides is 2. The number of ether oxygens (including phenoxy) is 1. The van der Waals surface area contributed by atoms with Gasteiger partial charge in [0.2, 0.25) is 0 Å². The van der Waals surface area contributed by atoms with Crippen LogP contribution in [-0.4, -0.2) is 24.3 Å². The van der Waals surface area contributed by atoms with Gasteiger partial charge in [0.1, 0.15) is 5.75 Å². The van der Waals surface area contributed by atoms with E-state index in [1.54, 1.807) is 13.2 Å². The van der Waals surface area contributed by atoms with Gasteiger partial charge in [-0.1, -0.05) is 18.2 Å². The maximum absolute atomic E-state index is 11.9. The molecular weight excluding hydrogens is 340 g/mol. The zero-order valence-corrected chi connectivity index (χ0v) is 15.6. The molecule has 0 spiro atoms. The number of hydrogen-bond donors (Lipinski definition) is 3. The summed E-state index contributed by atoms with van der Waals surface area (Å²) in [6.45, 7) is 6.83. The molecule has 1 heterocycles. The maximum atomic E-state index is 11.9. The molecule has 6 heteroatoms. The van der Waals surface area contributed by atoms with E-state index in [2.05, 4.69) is 28.7 Å². The molecule has 27 heavy (non-hydrogen) atoms. The van der Waals surface area contributed by atoms with Crippen molar-refractivity contribution in [3.63, 3.8) is 0 Å². The number of urea groups is 1. The van der Waals surface area contributed by atoms with Gasteiger partial charge in [0.25, 0.3) is 0 Å². The van der Waals surface area contributed by atoms with E-state index in [1.807, 2.05) is 42.5 Å². The summed E-state index contributed by atoms with van der Waals surface area (Å²) in [5.74, 6) is 0.788. The van der Waals surface area contributed by atoms with E-state index in [0.29, 0.717) is 17.9 Å². The molecule has 2 aromatic carbocycles. The van der Waals surface area contributed by atoms with Crippen LogP contribution >= 0.6 is 0 Å². The molecule has 0 fully saturated rings. The number of aromatic nitrogens is 1. The van der Waals surface area contributed by atoms with Gasteiger partial charge < -0.3 is 25.7 Å². The summed E-state index contributed by atoms with van der Waals surface area (Å²) in [5, 5.41) is 6.51. The van der Waals surface area contributed by atoms with Crippen molar-refractivity contribution in [2.75, 3.05) is 24.7 Å². The van der Waals surface area contributed by atoms with Crippen molar-refractivity contribution in [1.29, 1.82) is 0 Å². The van der Waals surface area contributed by atoms with Crippen LogP contribution < -0.4 is 21.1 Å². The number of benzene rings is 2. The SMILES string of the molecule is C=CCNC(=O)Nc1cccc(-c2c(N)c3ccc(OC)cc3n2CC)c1. The van der Waals surface area contributed by atoms with Crippen LogP contribution in [0.15, 0.2) is 55.1 Å². The van der Waals surface area contributed by atoms with E-state index in [9.17, 15) is 4.79 Å². The molecular formula is C21H24N4O2. The zero-order valence-electron chi connectivity index (χ0n) is 15.6. The quantitative estimate of drug-likeness (QED) is 0.573. The third-order valence-corrected chi connectivity index (χ3v) is 4.43. The van der Waals surface area contributed by atoms with E-state index in [1.165, 1.54) is 0 Å². The molecule has 0 radical (unpaired) electrons. The summed E-state index contributed by atoms with van der Waals surface area (Å²) < 4.78 is 7.51. The second kappa shape index (κ2) is 7.86. The first kappa shape index (κ1) is 18.4. The predicted molar refractivity (Wildman–Crippen MR) is 111 cm³/mol. The Kier molecular flexibility index (Phi) is 5.35. The molecule has 4 N–H and O–H groups in total. The van der Waals surface area contributed by atoms with Crippen LogP contribution in [0, 0.1) is 0 Å². The predicted octanol–water partition coefficient (Wildman–Crippen LogP) is 4.23. The lowest BCUT2D eigenvalue weighted by Crippen LogP contribution is -2.28. The average Bonchev–Trinajstić information content (AvgIpc) is 2.97. The first-order chi connectivity index (χ1) is 13.1. The van der Waals surface area contributed by atoms with Crippen LogP contribution in [0.3, 0.4) is 0 Å². The highest BCUT2D eigenvalue weighted by molar-refractivity contribution is 6.02. The Balaban J connectivity index is 2.04. The Bertz CT molecular complexity index is 991. The average molecular weight is 364 g/mol. The van der Waals surface area contributed by atoms with Crippen molar-refractivity contribution in [3.8, 4) is 17.0 Å². The van der Waals surface area contributed by atoms with Gasteiger partial charge in [-0.2, -0.15) is 0 Å². The number of carbonyl (C=O) groups excluding carboxylic acids is 1. The van der Waals surface area contributed by atoms with E-state index in [-0.39, 0.29) is 6.03 Å². The number of nitrogens with one attached hydrogen (secondary N) is 2. The molecule has 2 amide bonds. The fourth-order valence-corrected chi connectivity index (χ4v) is 3.21. The van der Waals surface area contributed by atoms with Crippen molar-refractivity contribution < 1.29 is 9.53 Å². The highest BCUT2D eigenvalue weighted by Gasteiger charge is 2.17. The molecule has 0 unspecified atom stereocenters. The zero-order chi connectivity index (χ0) is 19.4. The van der Waals surface area contributed by atoms with Crippen LogP contribution in [-0.2, 0) is 6.54 Å². The number of hydrogen-bond acceptors (Lipinski definition) is 3. The molecule has 0 aliphatic rings. The number of methoxy groups -OCH3 is 1. The molecule has 3 aromatic rings. The Morgan fingerprint density at radius 1 is 1.30 bits per heavy atom. The van der Waals surface area contributed by atoms with Gasteiger partial charge in [0.15, 0.2) is 0 Å². The first-order valence-electron chi connectivity index (χ1n) is 8.81. The lowest BCUT2D eigenvalue weighted by Gasteiger charge is -2.12. The number of nitrogens with two attached hydrogens (primary N) is 1. The summed E-state index contributed by atoms with van der Waals surface area (Å²) in [4.78, 5) is 11.9. The number of carbonyl (C=O) groups is 1. The number of nitrogen functional groups attached to an aromatic ring is 1. The normalized spacial score (nSPS) is 10.6. The van der Waals surface area contributed by atoms with E-state index < -0.39 is 0 Å². The van der Waals surface area contributed by atoms with Crippen LogP contribution in [0.2, 0.25) is 0 Å². The number of aryl methyl sites for hydroxylation is 1. The van der Waals surface area contributed by atoms with E-state index >= 15 is 0 Å². The van der Waals surface area contributed by atoms with E-state index in [0.717, 1.165) is 34.5 Å². The number of nitrogens with zero attached hydrogens (tertiary/aromatic N) is 1. The van der Waals surface area contributed by atoms with Crippen LogP contribution in [0.5, 0.6) is 5.75 Å². The minimum absolute atomic E-state index is 0.277. The Morgan fingerprint density at radius 2 is 2.11 bits per heavy atom. The van der Waals surface area contributed by atoms with Gasteiger partial charge in [-0.25, -0.2) is 4.79 Å². The smallest absolute Gasteiger partial charge is 0.319 e. The Hall–Kier alpha value is -3.41. The Morgan fingerprint density at radius 3 is 2.81 bits per heavy atom. The summed E-state index contributed by atoms with van der Waals surface area (Å²) in [5.41, 5.74) is 10.8.